The molecule has 3 heteroatoms. The molecule has 0 saturated carbocycles. The summed E-state index contributed by atoms with van der Waals surface area (Å²) in [6, 6.07) is 1.35. The van der Waals surface area contributed by atoms with Gasteiger partial charge in [-0.25, -0.2) is 0 Å². The number of nitrogens with one attached hydrogen (secondary N) is 1. The number of ether oxygens (including phenoxy) is 1. The smallest absolute Gasteiger partial charge is 0.0852 e. The minimum absolute atomic E-state index is 0.390. The lowest BCUT2D eigenvalue weighted by atomic mass is 9.96. The van der Waals surface area contributed by atoms with Crippen molar-refractivity contribution in [1.29, 1.82) is 0 Å². The first kappa shape index (κ1) is 12.3. The first-order chi connectivity index (χ1) is 7.83. The Morgan fingerprint density at radius 1 is 1.44 bits per heavy atom. The van der Waals surface area contributed by atoms with Gasteiger partial charge in [0.1, 0.15) is 0 Å². The maximum absolute atomic E-state index is 5.88. The van der Waals surface area contributed by atoms with Gasteiger partial charge in [-0.2, -0.15) is 0 Å². The molecule has 94 valence electrons. The van der Waals surface area contributed by atoms with Crippen LogP contribution in [-0.4, -0.2) is 49.3 Å². The van der Waals surface area contributed by atoms with Crippen LogP contribution in [0, 0.1) is 0 Å². The number of hydrogen-bond donors (Lipinski definition) is 1. The summed E-state index contributed by atoms with van der Waals surface area (Å²) in [6.07, 6.45) is 5.82. The van der Waals surface area contributed by atoms with E-state index in [1.165, 1.54) is 32.2 Å². The van der Waals surface area contributed by atoms with E-state index < -0.39 is 0 Å². The third-order valence-electron chi connectivity index (χ3n) is 4.16. The van der Waals surface area contributed by atoms with Gasteiger partial charge in [0.2, 0.25) is 0 Å². The SMILES string of the molecule is CCC1CCCCN1C(C)C1CNCCO1. The second-order valence-corrected chi connectivity index (χ2v) is 5.15. The van der Waals surface area contributed by atoms with Crippen molar-refractivity contribution in [3.63, 3.8) is 0 Å². The van der Waals surface area contributed by atoms with Crippen molar-refractivity contribution in [3.05, 3.63) is 0 Å². The summed E-state index contributed by atoms with van der Waals surface area (Å²) in [5.74, 6) is 0. The normalized spacial score (nSPS) is 34.9. The van der Waals surface area contributed by atoms with E-state index in [4.69, 9.17) is 4.74 Å². The first-order valence-electron chi connectivity index (χ1n) is 6.91. The van der Waals surface area contributed by atoms with Gasteiger partial charge in [0.05, 0.1) is 12.7 Å². The second kappa shape index (κ2) is 5.99. The third-order valence-corrected chi connectivity index (χ3v) is 4.16. The van der Waals surface area contributed by atoms with E-state index in [9.17, 15) is 0 Å². The Hall–Kier alpha value is -0.120. The molecule has 0 spiro atoms. The van der Waals surface area contributed by atoms with Gasteiger partial charge in [-0.3, -0.25) is 4.90 Å². The van der Waals surface area contributed by atoms with Crippen LogP contribution < -0.4 is 5.32 Å². The van der Waals surface area contributed by atoms with Crippen LogP contribution in [-0.2, 0) is 4.74 Å². The van der Waals surface area contributed by atoms with E-state index in [0.717, 1.165) is 25.7 Å². The fraction of sp³-hybridized carbons (Fsp3) is 1.00. The highest BCUT2D eigenvalue weighted by Crippen LogP contribution is 2.24. The minimum Gasteiger partial charge on any atom is -0.374 e. The Morgan fingerprint density at radius 2 is 2.31 bits per heavy atom. The average Bonchev–Trinajstić information content (AvgIpc) is 2.39. The number of piperidine rings is 1. The Balaban J connectivity index is 1.92. The fourth-order valence-electron chi connectivity index (χ4n) is 3.11. The molecule has 2 heterocycles. The second-order valence-electron chi connectivity index (χ2n) is 5.15. The Kier molecular flexibility index (Phi) is 4.62. The number of likely N-dealkylation sites (tertiary alicyclic amines) is 1. The molecule has 0 bridgehead atoms. The largest absolute Gasteiger partial charge is 0.374 e. The van der Waals surface area contributed by atoms with Gasteiger partial charge in [0.15, 0.2) is 0 Å². The molecular weight excluding hydrogens is 200 g/mol. The van der Waals surface area contributed by atoms with Gasteiger partial charge in [-0.05, 0) is 32.7 Å². The molecular formula is C13H26N2O. The minimum atomic E-state index is 0.390. The Bertz CT molecular complexity index is 204. The zero-order chi connectivity index (χ0) is 11.4. The van der Waals surface area contributed by atoms with Gasteiger partial charge in [0.25, 0.3) is 0 Å². The van der Waals surface area contributed by atoms with Crippen LogP contribution in [0.2, 0.25) is 0 Å². The molecule has 3 atom stereocenters. The van der Waals surface area contributed by atoms with Gasteiger partial charge in [0, 0.05) is 25.2 Å². The van der Waals surface area contributed by atoms with Crippen LogP contribution in [0.4, 0.5) is 0 Å². The lowest BCUT2D eigenvalue weighted by Gasteiger charge is -2.43. The van der Waals surface area contributed by atoms with E-state index in [1.54, 1.807) is 0 Å². The zero-order valence-electron chi connectivity index (χ0n) is 10.7. The van der Waals surface area contributed by atoms with Crippen LogP contribution in [0.3, 0.4) is 0 Å². The van der Waals surface area contributed by atoms with Crippen molar-refractivity contribution < 1.29 is 4.74 Å². The standard InChI is InChI=1S/C13H26N2O/c1-3-12-6-4-5-8-15(12)11(2)13-10-14-7-9-16-13/h11-14H,3-10H2,1-2H3. The number of morpholine rings is 1. The highest BCUT2D eigenvalue weighted by Gasteiger charge is 2.31. The number of rotatable bonds is 3. The molecule has 0 radical (unpaired) electrons. The van der Waals surface area contributed by atoms with Gasteiger partial charge < -0.3 is 10.1 Å². The molecule has 2 aliphatic rings. The summed E-state index contributed by atoms with van der Waals surface area (Å²) in [5, 5.41) is 3.44. The molecule has 0 aromatic heterocycles. The Labute approximate surface area is 99.5 Å². The van der Waals surface area contributed by atoms with Crippen molar-refractivity contribution in [1.82, 2.24) is 10.2 Å². The predicted molar refractivity (Wildman–Crippen MR) is 66.7 cm³/mol. The molecule has 0 amide bonds. The molecule has 2 fully saturated rings. The van der Waals surface area contributed by atoms with E-state index >= 15 is 0 Å². The van der Waals surface area contributed by atoms with Gasteiger partial charge in [-0.1, -0.05) is 13.3 Å². The van der Waals surface area contributed by atoms with Gasteiger partial charge in [-0.15, -0.1) is 0 Å². The molecule has 16 heavy (non-hydrogen) atoms. The molecule has 2 rings (SSSR count). The van der Waals surface area contributed by atoms with Crippen molar-refractivity contribution in [2.75, 3.05) is 26.2 Å². The van der Waals surface area contributed by atoms with Crippen LogP contribution in [0.1, 0.15) is 39.5 Å². The average molecular weight is 226 g/mol. The molecule has 0 aliphatic carbocycles. The molecule has 2 aliphatic heterocycles. The lowest BCUT2D eigenvalue weighted by molar-refractivity contribution is -0.0449. The van der Waals surface area contributed by atoms with Crippen molar-refractivity contribution >= 4 is 0 Å². The van der Waals surface area contributed by atoms with E-state index in [1.807, 2.05) is 0 Å². The quantitative estimate of drug-likeness (QED) is 0.791. The van der Waals surface area contributed by atoms with Crippen LogP contribution in [0.15, 0.2) is 0 Å². The molecule has 0 aromatic rings. The maximum atomic E-state index is 5.88. The summed E-state index contributed by atoms with van der Waals surface area (Å²) in [5.41, 5.74) is 0. The van der Waals surface area contributed by atoms with Crippen LogP contribution in [0.5, 0.6) is 0 Å². The van der Waals surface area contributed by atoms with Crippen molar-refractivity contribution in [2.24, 2.45) is 0 Å². The molecule has 3 nitrogen and oxygen atoms in total. The molecule has 2 saturated heterocycles. The van der Waals surface area contributed by atoms with E-state index in [0.29, 0.717) is 12.1 Å². The monoisotopic (exact) mass is 226 g/mol. The molecule has 3 unspecified atom stereocenters. The summed E-state index contributed by atoms with van der Waals surface area (Å²) in [6.45, 7) is 8.83. The summed E-state index contributed by atoms with van der Waals surface area (Å²) in [4.78, 5) is 2.68. The summed E-state index contributed by atoms with van der Waals surface area (Å²) in [7, 11) is 0. The van der Waals surface area contributed by atoms with Crippen LogP contribution >= 0.6 is 0 Å². The first-order valence-corrected chi connectivity index (χ1v) is 6.91. The fourth-order valence-corrected chi connectivity index (χ4v) is 3.11. The maximum Gasteiger partial charge on any atom is 0.0852 e. The summed E-state index contributed by atoms with van der Waals surface area (Å²) < 4.78 is 5.88. The molecule has 0 aromatic carbocycles. The van der Waals surface area contributed by atoms with Gasteiger partial charge >= 0.3 is 0 Å². The van der Waals surface area contributed by atoms with E-state index in [-0.39, 0.29) is 0 Å². The summed E-state index contributed by atoms with van der Waals surface area (Å²) >= 11 is 0. The molecule has 1 N–H and O–H groups in total. The topological polar surface area (TPSA) is 24.5 Å². The number of hydrogen-bond acceptors (Lipinski definition) is 3. The van der Waals surface area contributed by atoms with E-state index in [2.05, 4.69) is 24.1 Å². The van der Waals surface area contributed by atoms with Crippen molar-refractivity contribution in [3.8, 4) is 0 Å². The lowest BCUT2D eigenvalue weighted by Crippen LogP contribution is -2.55. The highest BCUT2D eigenvalue weighted by molar-refractivity contribution is 4.86. The highest BCUT2D eigenvalue weighted by atomic mass is 16.5. The zero-order valence-corrected chi connectivity index (χ0v) is 10.7. The van der Waals surface area contributed by atoms with Crippen molar-refractivity contribution in [2.45, 2.75) is 57.7 Å². The predicted octanol–water partition coefficient (Wildman–Crippen LogP) is 1.63. The Morgan fingerprint density at radius 3 is 3.00 bits per heavy atom. The van der Waals surface area contributed by atoms with Crippen LogP contribution in [0.25, 0.3) is 0 Å². The third kappa shape index (κ3) is 2.76. The number of nitrogens with zero attached hydrogens (tertiary/aromatic N) is 1.